The van der Waals surface area contributed by atoms with Crippen molar-refractivity contribution in [3.05, 3.63) is 88.4 Å². The molecule has 2 aliphatic heterocycles. The van der Waals surface area contributed by atoms with Gasteiger partial charge in [0.2, 0.25) is 5.91 Å². The van der Waals surface area contributed by atoms with Crippen LogP contribution in [0.4, 0.5) is 11.4 Å². The third-order valence-electron chi connectivity index (χ3n) is 9.47. The maximum Gasteiger partial charge on any atom is 0.238 e. The summed E-state index contributed by atoms with van der Waals surface area (Å²) in [4.78, 5) is 18.5. The van der Waals surface area contributed by atoms with Gasteiger partial charge in [0.1, 0.15) is 22.6 Å². The third kappa shape index (κ3) is 5.89. The normalized spacial score (nSPS) is 18.7. The van der Waals surface area contributed by atoms with Gasteiger partial charge in [0.05, 0.1) is 36.2 Å². The van der Waals surface area contributed by atoms with E-state index < -0.39 is 15.3 Å². The Morgan fingerprint density at radius 1 is 1.04 bits per heavy atom. The fraction of sp³-hybridized carbons (Fsp3) is 0.400. The number of methoxy groups -OCH3 is 1. The molecule has 3 aliphatic rings. The van der Waals surface area contributed by atoms with Gasteiger partial charge in [-0.05, 0) is 80.3 Å². The Bertz CT molecular complexity index is 1690. The van der Waals surface area contributed by atoms with Crippen LogP contribution in [0, 0.1) is 0 Å². The number of nitrogens with zero attached hydrogens (tertiary/aromatic N) is 2. The average Bonchev–Trinajstić information content (AvgIpc) is 3.29. The number of carbonyl (C=O) groups is 1. The van der Waals surface area contributed by atoms with E-state index in [1.54, 1.807) is 14.0 Å². The molecule has 3 aromatic carbocycles. The van der Waals surface area contributed by atoms with Gasteiger partial charge in [-0.15, -0.1) is 0 Å². The Labute approximate surface area is 265 Å². The minimum Gasteiger partial charge on any atom is -0.497 e. The predicted molar refractivity (Wildman–Crippen MR) is 178 cm³/mol. The summed E-state index contributed by atoms with van der Waals surface area (Å²) in [7, 11) is -0.0161. The number of rotatable bonds is 10. The Morgan fingerprint density at radius 2 is 1.73 bits per heavy atom. The summed E-state index contributed by atoms with van der Waals surface area (Å²) in [5, 5.41) is 3.07. The van der Waals surface area contributed by atoms with Crippen molar-refractivity contribution in [2.45, 2.75) is 57.1 Å². The minimum absolute atomic E-state index is 0.0392. The van der Waals surface area contributed by atoms with Crippen LogP contribution in [0.5, 0.6) is 11.5 Å². The number of fused-ring (bicyclic) bond motifs is 2. The van der Waals surface area contributed by atoms with Crippen LogP contribution < -0.4 is 25.4 Å². The van der Waals surface area contributed by atoms with Gasteiger partial charge in [0.25, 0.3) is 0 Å². The van der Waals surface area contributed by atoms with E-state index in [2.05, 4.69) is 17.3 Å². The smallest absolute Gasteiger partial charge is 0.238 e. The van der Waals surface area contributed by atoms with Gasteiger partial charge >= 0.3 is 0 Å². The monoisotopic (exact) mass is 630 g/mol. The predicted octanol–water partition coefficient (Wildman–Crippen LogP) is 5.27. The largest absolute Gasteiger partial charge is 0.497 e. The molecule has 45 heavy (non-hydrogen) atoms. The molecule has 1 amide bonds. The first kappa shape index (κ1) is 31.0. The number of nitrogens with one attached hydrogen (secondary N) is 1. The zero-order valence-corrected chi connectivity index (χ0v) is 27.0. The molecular weight excluding hydrogens is 588 g/mol. The summed E-state index contributed by atoms with van der Waals surface area (Å²) >= 11 is 0. The summed E-state index contributed by atoms with van der Waals surface area (Å²) in [5.41, 5.74) is 9.99. The highest BCUT2D eigenvalue weighted by atomic mass is 32.2. The van der Waals surface area contributed by atoms with Crippen molar-refractivity contribution in [1.82, 2.24) is 4.90 Å². The van der Waals surface area contributed by atoms with Gasteiger partial charge in [0, 0.05) is 24.3 Å². The standard InChI is InChI=1S/C35H42N4O5S/c1-4-45(41,42)33(36)31(37-26-9-6-5-7-10-26)25-21-29-32(30(22-25)44-28-15-19-38(2)20-16-28)39(34(40)35(29)17-8-18-35)23-24-11-13-27(43-3)14-12-24/h5-7,9-14,21-22,28,37H,4,8,15-20,23,36H2,1-3H3/b33-31+. The highest BCUT2D eigenvalue weighted by Crippen LogP contribution is 2.57. The topological polar surface area (TPSA) is 114 Å². The lowest BCUT2D eigenvalue weighted by atomic mass is 9.65. The quantitative estimate of drug-likeness (QED) is 0.312. The molecule has 2 fully saturated rings. The van der Waals surface area contributed by atoms with Crippen molar-refractivity contribution >= 4 is 32.8 Å². The fourth-order valence-electron chi connectivity index (χ4n) is 6.57. The number of carbonyl (C=O) groups excluding carboxylic acids is 1. The second-order valence-electron chi connectivity index (χ2n) is 12.3. The Kier molecular flexibility index (Phi) is 8.54. The van der Waals surface area contributed by atoms with Crippen molar-refractivity contribution in [2.24, 2.45) is 5.73 Å². The van der Waals surface area contributed by atoms with Crippen LogP contribution in [-0.2, 0) is 26.6 Å². The number of sulfone groups is 1. The summed E-state index contributed by atoms with van der Waals surface area (Å²) < 4.78 is 38.5. The van der Waals surface area contributed by atoms with Gasteiger partial charge < -0.3 is 30.3 Å². The number of amides is 1. The molecule has 0 bridgehead atoms. The second-order valence-corrected chi connectivity index (χ2v) is 14.5. The molecule has 0 atom stereocenters. The molecule has 1 aliphatic carbocycles. The van der Waals surface area contributed by atoms with Crippen molar-refractivity contribution in [1.29, 1.82) is 0 Å². The second kappa shape index (κ2) is 12.4. The van der Waals surface area contributed by atoms with Crippen molar-refractivity contribution in [3.63, 3.8) is 0 Å². The molecule has 0 radical (unpaired) electrons. The van der Waals surface area contributed by atoms with Crippen LogP contribution in [0.2, 0.25) is 0 Å². The number of nitrogens with two attached hydrogens (primary N) is 1. The Hall–Kier alpha value is -4.02. The zero-order valence-electron chi connectivity index (χ0n) is 26.2. The maximum atomic E-state index is 14.4. The summed E-state index contributed by atoms with van der Waals surface area (Å²) in [6, 6.07) is 21.0. The highest BCUT2D eigenvalue weighted by Gasteiger charge is 2.55. The number of hydrogen-bond donors (Lipinski definition) is 2. The summed E-state index contributed by atoms with van der Waals surface area (Å²) in [6.07, 6.45) is 4.05. The Morgan fingerprint density at radius 3 is 2.33 bits per heavy atom. The molecule has 238 valence electrons. The molecule has 3 aromatic rings. The number of ether oxygens (including phenoxy) is 2. The lowest BCUT2D eigenvalue weighted by Gasteiger charge is -2.37. The van der Waals surface area contributed by atoms with Gasteiger partial charge in [-0.2, -0.15) is 0 Å². The number of para-hydroxylation sites is 1. The van der Waals surface area contributed by atoms with Gasteiger partial charge in [0.15, 0.2) is 9.84 Å². The molecule has 9 nitrogen and oxygen atoms in total. The van der Waals surface area contributed by atoms with Gasteiger partial charge in [-0.3, -0.25) is 4.79 Å². The number of likely N-dealkylation sites (tertiary alicyclic amines) is 1. The first-order valence-electron chi connectivity index (χ1n) is 15.7. The van der Waals surface area contributed by atoms with E-state index in [1.165, 1.54) is 0 Å². The van der Waals surface area contributed by atoms with Crippen molar-refractivity contribution < 1.29 is 22.7 Å². The van der Waals surface area contributed by atoms with Crippen LogP contribution in [0.3, 0.4) is 0 Å². The molecule has 1 spiro atoms. The van der Waals surface area contributed by atoms with Crippen molar-refractivity contribution in [3.8, 4) is 11.5 Å². The fourth-order valence-corrected chi connectivity index (χ4v) is 7.36. The van der Waals surface area contributed by atoms with Gasteiger partial charge in [-0.1, -0.05) is 43.7 Å². The molecule has 3 N–H and O–H groups in total. The van der Waals surface area contributed by atoms with E-state index in [0.29, 0.717) is 23.5 Å². The summed E-state index contributed by atoms with van der Waals surface area (Å²) in [6.45, 7) is 3.79. The Balaban J connectivity index is 1.52. The zero-order chi connectivity index (χ0) is 31.8. The highest BCUT2D eigenvalue weighted by molar-refractivity contribution is 7.95. The lowest BCUT2D eigenvalue weighted by molar-refractivity contribution is -0.126. The first-order valence-corrected chi connectivity index (χ1v) is 17.3. The lowest BCUT2D eigenvalue weighted by Crippen LogP contribution is -2.44. The number of piperidine rings is 1. The average molecular weight is 631 g/mol. The molecule has 1 saturated carbocycles. The maximum absolute atomic E-state index is 14.4. The van der Waals surface area contributed by atoms with Crippen LogP contribution in [0.15, 0.2) is 71.8 Å². The van der Waals surface area contributed by atoms with Crippen LogP contribution in [0.1, 0.15) is 55.7 Å². The van der Waals surface area contributed by atoms with Crippen LogP contribution >= 0.6 is 0 Å². The van der Waals surface area contributed by atoms with E-state index >= 15 is 0 Å². The molecule has 10 heteroatoms. The molecule has 6 rings (SSSR count). The molecule has 0 unspecified atom stereocenters. The van der Waals surface area contributed by atoms with E-state index in [0.717, 1.165) is 67.8 Å². The SMILES string of the molecule is CCS(=O)(=O)/C(N)=C(/Nc1ccccc1)c1cc(OC2CCN(C)CC2)c2c(c1)C1(CCC1)C(=O)N2Cc1ccc(OC)cc1. The minimum atomic E-state index is -3.75. The van der Waals surface area contributed by atoms with E-state index in [-0.39, 0.29) is 28.5 Å². The van der Waals surface area contributed by atoms with Crippen LogP contribution in [0.25, 0.3) is 5.70 Å². The van der Waals surface area contributed by atoms with Gasteiger partial charge in [-0.25, -0.2) is 8.42 Å². The van der Waals surface area contributed by atoms with E-state index in [1.807, 2.05) is 71.6 Å². The molecule has 2 heterocycles. The van der Waals surface area contributed by atoms with Crippen molar-refractivity contribution in [2.75, 3.05) is 43.2 Å². The number of benzene rings is 3. The third-order valence-corrected chi connectivity index (χ3v) is 11.1. The van der Waals surface area contributed by atoms with E-state index in [4.69, 9.17) is 15.2 Å². The summed E-state index contributed by atoms with van der Waals surface area (Å²) in [5.74, 6) is 1.25. The molecule has 0 aromatic heterocycles. The number of hydrogen-bond acceptors (Lipinski definition) is 8. The molecule has 1 saturated heterocycles. The molecular formula is C35H42N4O5S. The van der Waals surface area contributed by atoms with Crippen LogP contribution in [-0.4, -0.2) is 58.3 Å². The first-order chi connectivity index (χ1) is 21.6. The number of anilines is 2. The van der Waals surface area contributed by atoms with E-state index in [9.17, 15) is 13.2 Å².